The highest BCUT2D eigenvalue weighted by Gasteiger charge is 2.38. The van der Waals surface area contributed by atoms with E-state index in [0.29, 0.717) is 0 Å². The van der Waals surface area contributed by atoms with E-state index in [9.17, 15) is 13.5 Å². The summed E-state index contributed by atoms with van der Waals surface area (Å²) in [6.07, 6.45) is -0.667. The number of aliphatic hydroxyl groups is 1. The van der Waals surface area contributed by atoms with Crippen molar-refractivity contribution in [2.75, 3.05) is 18.1 Å². The van der Waals surface area contributed by atoms with E-state index in [4.69, 9.17) is 0 Å². The maximum Gasteiger partial charge on any atom is 0.159 e. The molecule has 0 spiro atoms. The zero-order valence-corrected chi connectivity index (χ0v) is 7.34. The van der Waals surface area contributed by atoms with Gasteiger partial charge in [-0.05, 0) is 6.92 Å². The largest absolute Gasteiger partial charge is 0.386 e. The standard InChI is InChI=1S/C6H13NO3S/c1-2-7-5-3-11(9,10)4-6(5)8/h5-8H,2-4H2,1H3/p+1. The molecule has 4 nitrogen and oxygen atoms in total. The number of likely N-dealkylation sites (N-methyl/N-ethyl adjacent to an activating group) is 1. The van der Waals surface area contributed by atoms with Crippen molar-refractivity contribution >= 4 is 9.84 Å². The molecule has 0 aromatic heterocycles. The fraction of sp³-hybridized carbons (Fsp3) is 1.00. The smallest absolute Gasteiger partial charge is 0.159 e. The van der Waals surface area contributed by atoms with E-state index in [1.54, 1.807) is 0 Å². The number of rotatable bonds is 2. The van der Waals surface area contributed by atoms with E-state index in [-0.39, 0.29) is 17.5 Å². The molecule has 0 aromatic carbocycles. The Morgan fingerprint density at radius 3 is 2.55 bits per heavy atom. The number of nitrogens with two attached hydrogens (primary N) is 1. The fourth-order valence-corrected chi connectivity index (χ4v) is 3.23. The number of hydrogen-bond donors (Lipinski definition) is 2. The SMILES string of the molecule is CC[NH2+]C1CS(=O)(=O)CC1O. The topological polar surface area (TPSA) is 71.0 Å². The monoisotopic (exact) mass is 180 g/mol. The summed E-state index contributed by atoms with van der Waals surface area (Å²) in [5.41, 5.74) is 0. The molecule has 1 rings (SSSR count). The second kappa shape index (κ2) is 3.08. The molecule has 0 amide bonds. The van der Waals surface area contributed by atoms with E-state index in [1.165, 1.54) is 0 Å². The molecule has 2 unspecified atom stereocenters. The minimum Gasteiger partial charge on any atom is -0.386 e. The highest BCUT2D eigenvalue weighted by molar-refractivity contribution is 7.91. The van der Waals surface area contributed by atoms with Crippen LogP contribution >= 0.6 is 0 Å². The molecule has 0 radical (unpaired) electrons. The van der Waals surface area contributed by atoms with Crippen molar-refractivity contribution in [2.45, 2.75) is 19.1 Å². The Hall–Kier alpha value is -0.130. The Kier molecular flexibility index (Phi) is 2.51. The van der Waals surface area contributed by atoms with Crippen LogP contribution < -0.4 is 5.32 Å². The number of sulfone groups is 1. The first-order chi connectivity index (χ1) is 5.05. The van der Waals surface area contributed by atoms with Gasteiger partial charge in [-0.3, -0.25) is 0 Å². The molecule has 2 atom stereocenters. The second-order valence-corrected chi connectivity index (χ2v) is 5.11. The lowest BCUT2D eigenvalue weighted by Crippen LogP contribution is -2.92. The fourth-order valence-electron chi connectivity index (χ4n) is 1.38. The molecule has 3 N–H and O–H groups in total. The first-order valence-electron chi connectivity index (χ1n) is 3.77. The summed E-state index contributed by atoms with van der Waals surface area (Å²) in [6, 6.07) is -0.134. The Morgan fingerprint density at radius 1 is 1.55 bits per heavy atom. The first kappa shape index (κ1) is 8.96. The van der Waals surface area contributed by atoms with Crippen molar-refractivity contribution in [1.82, 2.24) is 0 Å². The summed E-state index contributed by atoms with van der Waals surface area (Å²) in [7, 11) is -2.95. The van der Waals surface area contributed by atoms with Crippen molar-refractivity contribution in [2.24, 2.45) is 0 Å². The molecule has 0 aliphatic carbocycles. The molecule has 5 heteroatoms. The van der Waals surface area contributed by atoms with Crippen molar-refractivity contribution in [3.8, 4) is 0 Å². The normalized spacial score (nSPS) is 35.8. The van der Waals surface area contributed by atoms with E-state index in [1.807, 2.05) is 12.2 Å². The summed E-state index contributed by atoms with van der Waals surface area (Å²) in [6.45, 7) is 2.76. The van der Waals surface area contributed by atoms with Gasteiger partial charge in [0.1, 0.15) is 17.9 Å². The molecule has 1 aliphatic rings. The average molecular weight is 180 g/mol. The predicted molar refractivity (Wildman–Crippen MR) is 40.9 cm³/mol. The molecule has 11 heavy (non-hydrogen) atoms. The Balaban J connectivity index is 2.59. The van der Waals surface area contributed by atoms with E-state index in [0.717, 1.165) is 6.54 Å². The molecule has 66 valence electrons. The maximum absolute atomic E-state index is 10.9. The van der Waals surface area contributed by atoms with Gasteiger partial charge >= 0.3 is 0 Å². The Morgan fingerprint density at radius 2 is 2.18 bits per heavy atom. The Bertz CT molecular complexity index is 224. The molecule has 1 aliphatic heterocycles. The van der Waals surface area contributed by atoms with Gasteiger partial charge in [0, 0.05) is 0 Å². The van der Waals surface area contributed by atoms with Gasteiger partial charge in [0.25, 0.3) is 0 Å². The van der Waals surface area contributed by atoms with Gasteiger partial charge < -0.3 is 10.4 Å². The third kappa shape index (κ3) is 2.15. The summed E-state index contributed by atoms with van der Waals surface area (Å²) < 4.78 is 21.9. The Labute approximate surface area is 66.5 Å². The van der Waals surface area contributed by atoms with Gasteiger partial charge in [0.2, 0.25) is 0 Å². The number of quaternary nitrogens is 1. The lowest BCUT2D eigenvalue weighted by molar-refractivity contribution is -0.687. The van der Waals surface area contributed by atoms with E-state index < -0.39 is 15.9 Å². The lowest BCUT2D eigenvalue weighted by atomic mass is 10.2. The number of aliphatic hydroxyl groups excluding tert-OH is 1. The van der Waals surface area contributed by atoms with E-state index >= 15 is 0 Å². The molecular weight excluding hydrogens is 166 g/mol. The predicted octanol–water partition coefficient (Wildman–Crippen LogP) is -2.27. The van der Waals surface area contributed by atoms with Crippen molar-refractivity contribution in [3.05, 3.63) is 0 Å². The van der Waals surface area contributed by atoms with E-state index in [2.05, 4.69) is 0 Å². The average Bonchev–Trinajstić information content (AvgIpc) is 2.07. The van der Waals surface area contributed by atoms with Crippen LogP contribution in [0.5, 0.6) is 0 Å². The molecule has 1 heterocycles. The minimum absolute atomic E-state index is 0.0613. The van der Waals surface area contributed by atoms with Crippen LogP contribution in [0.15, 0.2) is 0 Å². The summed E-state index contributed by atoms with van der Waals surface area (Å²) >= 11 is 0. The van der Waals surface area contributed by atoms with Gasteiger partial charge in [-0.1, -0.05) is 0 Å². The van der Waals surface area contributed by atoms with Crippen LogP contribution in [0.25, 0.3) is 0 Å². The van der Waals surface area contributed by atoms with Gasteiger partial charge in [0.15, 0.2) is 9.84 Å². The quantitative estimate of drug-likeness (QED) is 0.503. The summed E-state index contributed by atoms with van der Waals surface area (Å²) in [5, 5.41) is 11.1. The maximum atomic E-state index is 10.9. The third-order valence-corrected chi connectivity index (χ3v) is 3.65. The van der Waals surface area contributed by atoms with Gasteiger partial charge in [-0.2, -0.15) is 0 Å². The zero-order valence-electron chi connectivity index (χ0n) is 6.53. The van der Waals surface area contributed by atoms with Crippen LogP contribution in [-0.4, -0.2) is 43.7 Å². The second-order valence-electron chi connectivity index (χ2n) is 2.95. The summed E-state index contributed by atoms with van der Waals surface area (Å²) in [4.78, 5) is 0. The van der Waals surface area contributed by atoms with Gasteiger partial charge in [-0.25, -0.2) is 8.42 Å². The van der Waals surface area contributed by atoms with Crippen molar-refractivity contribution in [3.63, 3.8) is 0 Å². The van der Waals surface area contributed by atoms with Crippen LogP contribution in [0.2, 0.25) is 0 Å². The van der Waals surface area contributed by atoms with Crippen LogP contribution in [-0.2, 0) is 9.84 Å². The van der Waals surface area contributed by atoms with Crippen LogP contribution in [0.4, 0.5) is 0 Å². The van der Waals surface area contributed by atoms with Crippen molar-refractivity contribution < 1.29 is 18.8 Å². The van der Waals surface area contributed by atoms with Crippen molar-refractivity contribution in [1.29, 1.82) is 0 Å². The molecule has 0 aromatic rings. The molecule has 1 fully saturated rings. The molecule has 1 saturated heterocycles. The first-order valence-corrected chi connectivity index (χ1v) is 5.59. The van der Waals surface area contributed by atoms with Crippen LogP contribution in [0.1, 0.15) is 6.92 Å². The zero-order chi connectivity index (χ0) is 8.48. The molecule has 0 saturated carbocycles. The number of hydrogen-bond acceptors (Lipinski definition) is 3. The highest BCUT2D eigenvalue weighted by Crippen LogP contribution is 2.08. The van der Waals surface area contributed by atoms with Crippen LogP contribution in [0.3, 0.4) is 0 Å². The lowest BCUT2D eigenvalue weighted by Gasteiger charge is -2.08. The highest BCUT2D eigenvalue weighted by atomic mass is 32.2. The van der Waals surface area contributed by atoms with Crippen LogP contribution in [0, 0.1) is 0 Å². The summed E-state index contributed by atoms with van der Waals surface area (Å²) in [5.74, 6) is 0.0656. The molecular formula is C6H14NO3S+. The molecule has 0 bridgehead atoms. The minimum atomic E-state index is -2.95. The van der Waals surface area contributed by atoms with Gasteiger partial charge in [0.05, 0.1) is 12.3 Å². The third-order valence-electron chi connectivity index (χ3n) is 1.90. The van der Waals surface area contributed by atoms with Gasteiger partial charge in [-0.15, -0.1) is 0 Å².